The summed E-state index contributed by atoms with van der Waals surface area (Å²) in [6.45, 7) is 1.98. The van der Waals surface area contributed by atoms with Gasteiger partial charge in [0, 0.05) is 42.7 Å². The molecule has 0 fully saturated rings. The van der Waals surface area contributed by atoms with E-state index < -0.39 is 21.6 Å². The Balaban J connectivity index is 6.34. The highest BCUT2D eigenvalue weighted by atomic mass is 28.2. The molecule has 0 aliphatic carbocycles. The Kier molecular flexibility index (Phi) is 7.26. The van der Waals surface area contributed by atoms with Gasteiger partial charge in [-0.05, 0) is 6.92 Å². The number of hydrogen-bond donors (Lipinski definition) is 0. The van der Waals surface area contributed by atoms with Crippen LogP contribution in [0.3, 0.4) is 0 Å². The summed E-state index contributed by atoms with van der Waals surface area (Å²) in [5.41, 5.74) is -3.42. The second kappa shape index (κ2) is 7.11. The molecular weight excluding hydrogens is 312 g/mol. The summed E-state index contributed by atoms with van der Waals surface area (Å²) < 4.78 is 34.3. The highest BCUT2D eigenvalue weighted by Gasteiger charge is 2.68. The fraction of sp³-hybridized carbons (Fsp3) is 1.00. The van der Waals surface area contributed by atoms with Gasteiger partial charge in [0.25, 0.3) is 0 Å². The smallest absolute Gasteiger partial charge is 0.155 e. The molecule has 0 saturated heterocycles. The van der Waals surface area contributed by atoms with E-state index >= 15 is 0 Å². The molecule has 0 N–H and O–H groups in total. The van der Waals surface area contributed by atoms with Crippen molar-refractivity contribution in [2.45, 2.75) is 23.2 Å². The van der Waals surface area contributed by atoms with Crippen LogP contribution in [0.2, 0.25) is 0 Å². The molecule has 0 aromatic heterocycles. The lowest BCUT2D eigenvalue weighted by atomic mass is 9.85. The summed E-state index contributed by atoms with van der Waals surface area (Å²) >= 11 is 0. The molecule has 0 aromatic rings. The average molecular weight is 343 g/mol. The van der Waals surface area contributed by atoms with Crippen molar-refractivity contribution in [1.29, 1.82) is 0 Å². The maximum atomic E-state index is 5.72. The predicted molar refractivity (Wildman–Crippen MR) is 88.2 cm³/mol. The van der Waals surface area contributed by atoms with Crippen LogP contribution < -0.4 is 0 Å². The van der Waals surface area contributed by atoms with Gasteiger partial charge in [-0.15, -0.1) is 0 Å². The Morgan fingerprint density at radius 1 is 0.500 bits per heavy atom. The second-order valence-electron chi connectivity index (χ2n) is 5.19. The van der Waals surface area contributed by atoms with Gasteiger partial charge in [-0.2, -0.15) is 0 Å². The molecule has 0 amide bonds. The standard InChI is InChI=1S/C11H30O6Si3/c1-8(9(18,12-2)13-3,10(19,14-4)15-5)11(20,16-6)17-7/h1-7,18-20H3. The maximum absolute atomic E-state index is 5.72. The maximum Gasteiger partial charge on any atom is 0.155 e. The van der Waals surface area contributed by atoms with E-state index in [2.05, 4.69) is 0 Å². The van der Waals surface area contributed by atoms with E-state index in [1.165, 1.54) is 0 Å². The first kappa shape index (κ1) is 20.4. The minimum absolute atomic E-state index is 0.587. The third-order valence-electron chi connectivity index (χ3n) is 5.06. The van der Waals surface area contributed by atoms with E-state index in [1.54, 1.807) is 42.7 Å². The first-order chi connectivity index (χ1) is 9.11. The van der Waals surface area contributed by atoms with E-state index in [4.69, 9.17) is 28.4 Å². The van der Waals surface area contributed by atoms with Gasteiger partial charge in [-0.25, -0.2) is 0 Å². The third kappa shape index (κ3) is 2.71. The average Bonchev–Trinajstić information content (AvgIpc) is 2.51. The number of rotatable bonds is 9. The molecule has 0 bridgehead atoms. The first-order valence-electron chi connectivity index (χ1n) is 6.42. The van der Waals surface area contributed by atoms with E-state index in [0.29, 0.717) is 30.7 Å². The van der Waals surface area contributed by atoms with Crippen LogP contribution in [0, 0.1) is 5.41 Å². The van der Waals surface area contributed by atoms with Crippen molar-refractivity contribution in [3.05, 3.63) is 0 Å². The van der Waals surface area contributed by atoms with Crippen LogP contribution in [0.4, 0.5) is 0 Å². The van der Waals surface area contributed by atoms with Gasteiger partial charge in [0.1, 0.15) is 5.41 Å². The Labute approximate surface area is 131 Å². The summed E-state index contributed by atoms with van der Waals surface area (Å²) in [7, 11) is 11.5. The molecule has 0 radical (unpaired) electrons. The lowest BCUT2D eigenvalue weighted by molar-refractivity contribution is -0.383. The van der Waals surface area contributed by atoms with Crippen LogP contribution in [0.1, 0.15) is 6.92 Å². The Morgan fingerprint density at radius 3 is 0.750 bits per heavy atom. The molecule has 9 heteroatoms. The second-order valence-corrected chi connectivity index (χ2v) is 9.14. The zero-order chi connectivity index (χ0) is 16.2. The quantitative estimate of drug-likeness (QED) is 0.327. The minimum atomic E-state index is -0.880. The summed E-state index contributed by atoms with van der Waals surface area (Å²) in [5, 5.41) is 0. The lowest BCUT2D eigenvalue weighted by Crippen LogP contribution is -2.75. The molecule has 0 rings (SSSR count). The fourth-order valence-electron chi connectivity index (χ4n) is 2.71. The number of methoxy groups -OCH3 is 6. The topological polar surface area (TPSA) is 55.4 Å². The molecule has 6 nitrogen and oxygen atoms in total. The van der Waals surface area contributed by atoms with Gasteiger partial charge in [-0.3, -0.25) is 0 Å². The summed E-state index contributed by atoms with van der Waals surface area (Å²) in [6, 6.07) is 0. The van der Waals surface area contributed by atoms with Crippen molar-refractivity contribution in [3.8, 4) is 0 Å². The van der Waals surface area contributed by atoms with E-state index in [0.717, 1.165) is 0 Å². The fourth-order valence-corrected chi connectivity index (χ4v) is 6.94. The van der Waals surface area contributed by atoms with E-state index in [1.807, 2.05) is 6.92 Å². The molecule has 0 saturated carbocycles. The molecule has 20 heavy (non-hydrogen) atoms. The van der Waals surface area contributed by atoms with Crippen molar-refractivity contribution in [3.63, 3.8) is 0 Å². The van der Waals surface area contributed by atoms with Crippen molar-refractivity contribution >= 4 is 30.7 Å². The van der Waals surface area contributed by atoms with E-state index in [9.17, 15) is 0 Å². The number of ether oxygens (including phenoxy) is 6. The van der Waals surface area contributed by atoms with E-state index in [-0.39, 0.29) is 0 Å². The first-order valence-corrected chi connectivity index (χ1v) is 9.42. The highest BCUT2D eigenvalue weighted by molar-refractivity contribution is 6.21. The summed E-state index contributed by atoms with van der Waals surface area (Å²) in [6.07, 6.45) is 0. The normalized spacial score (nSPS) is 17.6. The van der Waals surface area contributed by atoms with Crippen molar-refractivity contribution < 1.29 is 28.4 Å². The van der Waals surface area contributed by atoms with Crippen molar-refractivity contribution in [2.75, 3.05) is 42.7 Å². The third-order valence-corrected chi connectivity index (χ3v) is 10.5. The molecule has 0 unspecified atom stereocenters. The summed E-state index contributed by atoms with van der Waals surface area (Å²) in [4.78, 5) is 0. The minimum Gasteiger partial charge on any atom is -0.357 e. The Bertz CT molecular complexity index is 257. The molecule has 0 heterocycles. The van der Waals surface area contributed by atoms with Crippen LogP contribution >= 0.6 is 0 Å². The van der Waals surface area contributed by atoms with Crippen LogP contribution in [0.15, 0.2) is 0 Å². The molecular formula is C11H30O6Si3. The highest BCUT2D eigenvalue weighted by Crippen LogP contribution is 2.51. The molecule has 0 spiro atoms. The van der Waals surface area contributed by atoms with Gasteiger partial charge >= 0.3 is 0 Å². The van der Waals surface area contributed by atoms with Crippen LogP contribution in [0.5, 0.6) is 0 Å². The molecule has 0 aliphatic rings. The molecule has 0 aromatic carbocycles. The lowest BCUT2D eigenvalue weighted by Gasteiger charge is -2.59. The van der Waals surface area contributed by atoms with Crippen LogP contribution in [-0.4, -0.2) is 89.6 Å². The SMILES string of the molecule is COC([SiH3])(OC)C(C)(C([SiH3])(OC)OC)C([SiH3])(OC)OC. The van der Waals surface area contributed by atoms with Crippen molar-refractivity contribution in [2.24, 2.45) is 5.41 Å². The van der Waals surface area contributed by atoms with Crippen LogP contribution in [-0.2, 0) is 28.4 Å². The summed E-state index contributed by atoms with van der Waals surface area (Å²) in [5.74, 6) is 0. The van der Waals surface area contributed by atoms with Gasteiger partial charge in [-0.1, -0.05) is 0 Å². The molecule has 0 atom stereocenters. The zero-order valence-corrected chi connectivity index (χ0v) is 20.4. The zero-order valence-electron chi connectivity index (χ0n) is 14.4. The Morgan fingerprint density at radius 2 is 0.650 bits per heavy atom. The Hall–Kier alpha value is 0.411. The van der Waals surface area contributed by atoms with Gasteiger partial charge in [0.05, 0.1) is 30.7 Å². The molecule has 122 valence electrons. The number of hydrogen-bond acceptors (Lipinski definition) is 6. The molecule has 0 aliphatic heterocycles. The van der Waals surface area contributed by atoms with Crippen molar-refractivity contribution in [1.82, 2.24) is 0 Å². The van der Waals surface area contributed by atoms with Gasteiger partial charge in [0.2, 0.25) is 0 Å². The largest absolute Gasteiger partial charge is 0.357 e. The monoisotopic (exact) mass is 342 g/mol. The predicted octanol–water partition coefficient (Wildman–Crippen LogP) is -3.07. The van der Waals surface area contributed by atoms with Gasteiger partial charge in [0.15, 0.2) is 16.2 Å². The van der Waals surface area contributed by atoms with Gasteiger partial charge < -0.3 is 28.4 Å². The van der Waals surface area contributed by atoms with Crippen LogP contribution in [0.25, 0.3) is 0 Å².